The van der Waals surface area contributed by atoms with Crippen molar-refractivity contribution >= 4 is 23.4 Å². The summed E-state index contributed by atoms with van der Waals surface area (Å²) < 4.78 is 0. The van der Waals surface area contributed by atoms with Gasteiger partial charge < -0.3 is 5.32 Å². The molecule has 0 fully saturated rings. The first-order chi connectivity index (χ1) is 11.5. The number of hydrogen-bond acceptors (Lipinski definition) is 3. The lowest BCUT2D eigenvalue weighted by Gasteiger charge is -2.13. The summed E-state index contributed by atoms with van der Waals surface area (Å²) in [5.41, 5.74) is 6.50. The van der Waals surface area contributed by atoms with Gasteiger partial charge in [0.15, 0.2) is 0 Å². The van der Waals surface area contributed by atoms with E-state index in [0.29, 0.717) is 0 Å². The maximum Gasteiger partial charge on any atom is 0.262 e. The molecule has 0 aromatic heterocycles. The predicted octanol–water partition coefficient (Wildman–Crippen LogP) is 4.00. The highest BCUT2D eigenvalue weighted by molar-refractivity contribution is 5.97. The number of allylic oxidation sites excluding steroid dienone is 1. The first kappa shape index (κ1) is 17.5. The van der Waals surface area contributed by atoms with Crippen LogP contribution in [0.4, 0.5) is 5.69 Å². The molecule has 2 N–H and O–H groups in total. The van der Waals surface area contributed by atoms with E-state index in [1.54, 1.807) is 6.92 Å². The second-order valence-corrected chi connectivity index (χ2v) is 5.71. The molecule has 0 bridgehead atoms. The van der Waals surface area contributed by atoms with Crippen molar-refractivity contribution < 1.29 is 4.79 Å². The molecule has 24 heavy (non-hydrogen) atoms. The van der Waals surface area contributed by atoms with Crippen molar-refractivity contribution in [2.45, 2.75) is 26.8 Å². The van der Waals surface area contributed by atoms with Gasteiger partial charge in [0, 0.05) is 5.69 Å². The molecule has 0 aliphatic heterocycles. The van der Waals surface area contributed by atoms with Gasteiger partial charge in [-0.3, -0.25) is 4.79 Å². The summed E-state index contributed by atoms with van der Waals surface area (Å²) >= 11 is 0. The molecule has 4 nitrogen and oxygen atoms in total. The Hall–Kier alpha value is -2.88. The van der Waals surface area contributed by atoms with Crippen LogP contribution in [0.2, 0.25) is 0 Å². The molecular weight excluding hydrogens is 298 g/mol. The highest BCUT2D eigenvalue weighted by Crippen LogP contribution is 2.10. The molecule has 0 unspecified atom stereocenters. The summed E-state index contributed by atoms with van der Waals surface area (Å²) in [6.07, 6.45) is 3.83. The van der Waals surface area contributed by atoms with E-state index in [-0.39, 0.29) is 11.9 Å². The molecule has 1 atom stereocenters. The van der Waals surface area contributed by atoms with Gasteiger partial charge >= 0.3 is 0 Å². The zero-order chi connectivity index (χ0) is 17.4. The third kappa shape index (κ3) is 5.72. The first-order valence-electron chi connectivity index (χ1n) is 7.95. The first-order valence-corrected chi connectivity index (χ1v) is 7.95. The van der Waals surface area contributed by atoms with Gasteiger partial charge in [0.05, 0.1) is 5.71 Å². The fraction of sp³-hybridized carbons (Fsp3) is 0.200. The molecule has 2 aromatic rings. The van der Waals surface area contributed by atoms with Crippen LogP contribution in [0.15, 0.2) is 65.8 Å². The number of hydrogen-bond donors (Lipinski definition) is 2. The fourth-order valence-electron chi connectivity index (χ4n) is 2.02. The van der Waals surface area contributed by atoms with E-state index in [9.17, 15) is 4.79 Å². The molecule has 124 valence electrons. The number of benzene rings is 2. The zero-order valence-corrected chi connectivity index (χ0v) is 14.3. The van der Waals surface area contributed by atoms with E-state index in [1.165, 1.54) is 5.56 Å². The molecule has 0 spiro atoms. The van der Waals surface area contributed by atoms with Gasteiger partial charge in [-0.1, -0.05) is 54.1 Å². The third-order valence-electron chi connectivity index (χ3n) is 3.49. The lowest BCUT2D eigenvalue weighted by atomic mass is 10.2. The van der Waals surface area contributed by atoms with E-state index in [2.05, 4.69) is 15.8 Å². The van der Waals surface area contributed by atoms with Crippen molar-refractivity contribution in [3.63, 3.8) is 0 Å². The summed E-state index contributed by atoms with van der Waals surface area (Å²) in [7, 11) is 0. The number of amides is 1. The topological polar surface area (TPSA) is 53.5 Å². The summed E-state index contributed by atoms with van der Waals surface area (Å²) in [4.78, 5) is 12.1. The average Bonchev–Trinajstić information content (AvgIpc) is 2.60. The number of carbonyl (C=O) groups is 1. The second kappa shape index (κ2) is 8.67. The van der Waals surface area contributed by atoms with Gasteiger partial charge in [0.2, 0.25) is 0 Å². The second-order valence-electron chi connectivity index (χ2n) is 5.71. The van der Waals surface area contributed by atoms with Crippen molar-refractivity contribution in [1.29, 1.82) is 0 Å². The molecule has 0 saturated carbocycles. The Labute approximate surface area is 143 Å². The van der Waals surface area contributed by atoms with E-state index >= 15 is 0 Å². The molecule has 0 aliphatic carbocycles. The Kier molecular flexibility index (Phi) is 6.32. The molecular formula is C20H23N3O. The standard InChI is InChI=1S/C20H23N3O/c1-15-9-13-19(14-10-15)21-17(3)20(24)23-22-16(2)11-12-18-7-5-4-6-8-18/h4-14,17,21H,1-3H3,(H,23,24)/b12-11-,22-16?/t17-/m1/s1. The number of hydrazone groups is 1. The quantitative estimate of drug-likeness (QED) is 0.624. The van der Waals surface area contributed by atoms with Crippen LogP contribution in [0.25, 0.3) is 6.08 Å². The molecule has 4 heteroatoms. The molecule has 2 rings (SSSR count). The van der Waals surface area contributed by atoms with Crippen LogP contribution in [0.1, 0.15) is 25.0 Å². The number of nitrogens with zero attached hydrogens (tertiary/aromatic N) is 1. The normalized spacial score (nSPS) is 12.9. The lowest BCUT2D eigenvalue weighted by Crippen LogP contribution is -2.35. The van der Waals surface area contributed by atoms with Crippen molar-refractivity contribution in [3.05, 3.63) is 71.8 Å². The van der Waals surface area contributed by atoms with E-state index in [1.807, 2.05) is 80.6 Å². The summed E-state index contributed by atoms with van der Waals surface area (Å²) in [6.45, 7) is 5.68. The summed E-state index contributed by atoms with van der Waals surface area (Å²) in [6, 6.07) is 17.5. The van der Waals surface area contributed by atoms with Crippen LogP contribution in [0.5, 0.6) is 0 Å². The van der Waals surface area contributed by atoms with E-state index < -0.39 is 0 Å². The predicted molar refractivity (Wildman–Crippen MR) is 101 cm³/mol. The molecule has 1 amide bonds. The SMILES string of the molecule is CC(/C=C\c1ccccc1)=NNC(=O)[C@@H](C)Nc1ccc(C)cc1. The van der Waals surface area contributed by atoms with Crippen LogP contribution < -0.4 is 10.7 Å². The van der Waals surface area contributed by atoms with Crippen LogP contribution in [0, 0.1) is 6.92 Å². The molecule has 0 heterocycles. The molecule has 2 aromatic carbocycles. The van der Waals surface area contributed by atoms with Crippen molar-refractivity contribution in [2.24, 2.45) is 5.10 Å². The van der Waals surface area contributed by atoms with Crippen LogP contribution in [-0.4, -0.2) is 17.7 Å². The van der Waals surface area contributed by atoms with E-state index in [0.717, 1.165) is 17.0 Å². The Bertz CT molecular complexity index is 718. The van der Waals surface area contributed by atoms with Gasteiger partial charge in [-0.15, -0.1) is 0 Å². The maximum atomic E-state index is 12.1. The van der Waals surface area contributed by atoms with Gasteiger partial charge in [-0.25, -0.2) is 5.43 Å². The molecule has 0 radical (unpaired) electrons. The number of aryl methyl sites for hydroxylation is 1. The minimum atomic E-state index is -0.373. The smallest absolute Gasteiger partial charge is 0.262 e. The van der Waals surface area contributed by atoms with Crippen molar-refractivity contribution in [2.75, 3.05) is 5.32 Å². The van der Waals surface area contributed by atoms with Gasteiger partial charge in [-0.05, 0) is 44.5 Å². The highest BCUT2D eigenvalue weighted by atomic mass is 16.2. The van der Waals surface area contributed by atoms with E-state index in [4.69, 9.17) is 0 Å². The monoisotopic (exact) mass is 321 g/mol. The number of rotatable bonds is 6. The van der Waals surface area contributed by atoms with Gasteiger partial charge in [-0.2, -0.15) is 5.10 Å². The number of carbonyl (C=O) groups excluding carboxylic acids is 1. The molecule has 0 aliphatic rings. The lowest BCUT2D eigenvalue weighted by molar-refractivity contribution is -0.121. The highest BCUT2D eigenvalue weighted by Gasteiger charge is 2.11. The number of anilines is 1. The third-order valence-corrected chi connectivity index (χ3v) is 3.49. The van der Waals surface area contributed by atoms with Crippen molar-refractivity contribution in [1.82, 2.24) is 5.43 Å². The Morgan fingerprint density at radius 3 is 2.42 bits per heavy atom. The van der Waals surface area contributed by atoms with Gasteiger partial charge in [0.25, 0.3) is 5.91 Å². The average molecular weight is 321 g/mol. The maximum absolute atomic E-state index is 12.1. The van der Waals surface area contributed by atoms with Crippen LogP contribution in [0.3, 0.4) is 0 Å². The molecule has 0 saturated heterocycles. The Balaban J connectivity index is 1.86. The minimum Gasteiger partial charge on any atom is -0.374 e. The number of nitrogens with one attached hydrogen (secondary N) is 2. The Morgan fingerprint density at radius 2 is 1.75 bits per heavy atom. The zero-order valence-electron chi connectivity index (χ0n) is 14.3. The van der Waals surface area contributed by atoms with Crippen LogP contribution in [-0.2, 0) is 4.79 Å². The summed E-state index contributed by atoms with van der Waals surface area (Å²) in [5.74, 6) is -0.178. The Morgan fingerprint density at radius 1 is 1.08 bits per heavy atom. The van der Waals surface area contributed by atoms with Crippen LogP contribution >= 0.6 is 0 Å². The fourth-order valence-corrected chi connectivity index (χ4v) is 2.02. The minimum absolute atomic E-state index is 0.178. The van der Waals surface area contributed by atoms with Crippen molar-refractivity contribution in [3.8, 4) is 0 Å². The van der Waals surface area contributed by atoms with Gasteiger partial charge in [0.1, 0.15) is 6.04 Å². The largest absolute Gasteiger partial charge is 0.374 e. The summed E-state index contributed by atoms with van der Waals surface area (Å²) in [5, 5.41) is 7.26.